The number of carbonyl (C=O) groups is 1. The summed E-state index contributed by atoms with van der Waals surface area (Å²) < 4.78 is 21.7. The molecule has 0 unspecified atom stereocenters. The highest BCUT2D eigenvalue weighted by Gasteiger charge is 2.39. The van der Waals surface area contributed by atoms with Crippen molar-refractivity contribution in [1.82, 2.24) is 29.5 Å². The number of halogens is 1. The zero-order valence-electron chi connectivity index (χ0n) is 16.9. The van der Waals surface area contributed by atoms with E-state index in [-0.39, 0.29) is 17.6 Å². The van der Waals surface area contributed by atoms with Crippen LogP contribution in [0.1, 0.15) is 59.1 Å². The number of alkyl halides is 1. The lowest BCUT2D eigenvalue weighted by atomic mass is 9.99. The first kappa shape index (κ1) is 18.5. The van der Waals surface area contributed by atoms with E-state index in [1.807, 2.05) is 30.5 Å². The molecule has 4 aromatic rings. The summed E-state index contributed by atoms with van der Waals surface area (Å²) in [6.07, 6.45) is 4.11. The van der Waals surface area contributed by atoms with Crippen LogP contribution in [0.5, 0.6) is 0 Å². The average molecular weight is 408 g/mol. The van der Waals surface area contributed by atoms with Crippen LogP contribution in [0.15, 0.2) is 41.2 Å². The Hall–Kier alpha value is -3.49. The normalized spacial score (nSPS) is 16.8. The third kappa shape index (κ3) is 2.89. The van der Waals surface area contributed by atoms with Gasteiger partial charge in [0.2, 0.25) is 11.7 Å². The molecule has 9 heteroatoms. The number of oxazole rings is 1. The molecular formula is C21H21FN6O2. The van der Waals surface area contributed by atoms with Crippen molar-refractivity contribution >= 4 is 11.4 Å². The molecule has 154 valence electrons. The number of aromatic nitrogens is 5. The van der Waals surface area contributed by atoms with E-state index in [1.165, 1.54) is 13.8 Å². The maximum absolute atomic E-state index is 14.3. The van der Waals surface area contributed by atoms with Crippen molar-refractivity contribution in [2.75, 3.05) is 6.54 Å². The summed E-state index contributed by atoms with van der Waals surface area (Å²) in [6.45, 7) is 4.79. The quantitative estimate of drug-likeness (QED) is 0.561. The molecule has 4 aromatic heterocycles. The van der Waals surface area contributed by atoms with Gasteiger partial charge in [0.25, 0.3) is 5.91 Å². The maximum Gasteiger partial charge on any atom is 0.292 e. The number of H-pyrrole nitrogens is 1. The largest absolute Gasteiger partial charge is 0.432 e. The van der Waals surface area contributed by atoms with Crippen LogP contribution in [0, 0.1) is 6.92 Å². The number of amides is 1. The lowest BCUT2D eigenvalue weighted by molar-refractivity contribution is 0.0642. The summed E-state index contributed by atoms with van der Waals surface area (Å²) in [7, 11) is 0. The Kier molecular flexibility index (Phi) is 4.02. The molecule has 0 fully saturated rings. The number of imidazole rings is 1. The number of nitrogens with one attached hydrogen (secondary N) is 1. The number of nitrogens with zero attached hydrogens (tertiary/aromatic N) is 5. The standard InChI is InChI=1S/C21H21FN6O2/c1-12-18(30-20(25-12)21(2,3)22)19(29)27-9-7-14-16(24-11-23-14)17(27)15-10-13-6-4-5-8-28(13)26-15/h4-6,8,10-11,17H,7,9H2,1-3H3,(H,23,24)/t17-/m0/s1. The summed E-state index contributed by atoms with van der Waals surface area (Å²) in [4.78, 5) is 26.9. The number of fused-ring (bicyclic) bond motifs is 2. The first-order valence-corrected chi connectivity index (χ1v) is 9.77. The molecule has 0 bridgehead atoms. The van der Waals surface area contributed by atoms with E-state index in [4.69, 9.17) is 4.42 Å². The van der Waals surface area contributed by atoms with E-state index in [2.05, 4.69) is 20.1 Å². The minimum absolute atomic E-state index is 0.0449. The Labute approximate surface area is 171 Å². The van der Waals surface area contributed by atoms with Gasteiger partial charge in [0.15, 0.2) is 5.67 Å². The molecule has 1 atom stereocenters. The molecule has 0 saturated heterocycles. The molecule has 0 aliphatic carbocycles. The van der Waals surface area contributed by atoms with E-state index in [1.54, 1.807) is 22.7 Å². The molecule has 0 radical (unpaired) electrons. The number of hydrogen-bond donors (Lipinski definition) is 1. The second-order valence-corrected chi connectivity index (χ2v) is 7.96. The number of hydrogen-bond acceptors (Lipinski definition) is 5. The lowest BCUT2D eigenvalue weighted by Gasteiger charge is -2.33. The fourth-order valence-corrected chi connectivity index (χ4v) is 3.87. The van der Waals surface area contributed by atoms with E-state index < -0.39 is 11.7 Å². The molecule has 0 saturated carbocycles. The monoisotopic (exact) mass is 408 g/mol. The third-order valence-corrected chi connectivity index (χ3v) is 5.35. The van der Waals surface area contributed by atoms with Gasteiger partial charge in [-0.25, -0.2) is 18.9 Å². The summed E-state index contributed by atoms with van der Waals surface area (Å²) in [5.41, 5.74) is 1.93. The van der Waals surface area contributed by atoms with E-state index in [9.17, 15) is 9.18 Å². The van der Waals surface area contributed by atoms with Gasteiger partial charge in [-0.05, 0) is 39.0 Å². The minimum Gasteiger partial charge on any atom is -0.432 e. The smallest absolute Gasteiger partial charge is 0.292 e. The summed E-state index contributed by atoms with van der Waals surface area (Å²) in [6, 6.07) is 7.23. The number of rotatable bonds is 3. The predicted molar refractivity (Wildman–Crippen MR) is 106 cm³/mol. The Balaban J connectivity index is 1.60. The van der Waals surface area contributed by atoms with Crippen molar-refractivity contribution in [3.63, 3.8) is 0 Å². The Bertz CT molecular complexity index is 1210. The molecule has 0 aromatic carbocycles. The minimum atomic E-state index is -1.78. The first-order valence-electron chi connectivity index (χ1n) is 9.77. The molecule has 1 aliphatic rings. The van der Waals surface area contributed by atoms with Crippen LogP contribution >= 0.6 is 0 Å². The molecule has 5 heterocycles. The molecule has 1 N–H and O–H groups in total. The van der Waals surface area contributed by atoms with Crippen LogP contribution in [-0.2, 0) is 12.1 Å². The summed E-state index contributed by atoms with van der Waals surface area (Å²) in [5.74, 6) is -0.417. The molecule has 5 rings (SSSR count). The highest BCUT2D eigenvalue weighted by Crippen LogP contribution is 2.35. The number of aromatic amines is 1. The van der Waals surface area contributed by atoms with Crippen molar-refractivity contribution in [2.24, 2.45) is 0 Å². The Morgan fingerprint density at radius 1 is 1.37 bits per heavy atom. The Morgan fingerprint density at radius 2 is 2.20 bits per heavy atom. The number of carbonyl (C=O) groups excluding carboxylic acids is 1. The van der Waals surface area contributed by atoms with Crippen molar-refractivity contribution in [3.05, 3.63) is 71.2 Å². The molecular weight excluding hydrogens is 387 g/mol. The molecule has 1 amide bonds. The van der Waals surface area contributed by atoms with Crippen molar-refractivity contribution in [3.8, 4) is 0 Å². The second kappa shape index (κ2) is 6.51. The molecule has 8 nitrogen and oxygen atoms in total. The van der Waals surface area contributed by atoms with Gasteiger partial charge in [0, 0.05) is 24.9 Å². The van der Waals surface area contributed by atoms with Crippen LogP contribution in [0.3, 0.4) is 0 Å². The second-order valence-electron chi connectivity index (χ2n) is 7.96. The van der Waals surface area contributed by atoms with Crippen molar-refractivity contribution in [2.45, 2.75) is 38.9 Å². The zero-order chi connectivity index (χ0) is 21.0. The van der Waals surface area contributed by atoms with Gasteiger partial charge >= 0.3 is 0 Å². The average Bonchev–Trinajstić information content (AvgIpc) is 3.43. The van der Waals surface area contributed by atoms with Gasteiger partial charge in [0.05, 0.1) is 28.9 Å². The highest BCUT2D eigenvalue weighted by atomic mass is 19.1. The van der Waals surface area contributed by atoms with Crippen LogP contribution < -0.4 is 0 Å². The van der Waals surface area contributed by atoms with Crippen LogP contribution in [0.4, 0.5) is 4.39 Å². The molecule has 1 aliphatic heterocycles. The zero-order valence-corrected chi connectivity index (χ0v) is 16.9. The summed E-state index contributed by atoms with van der Waals surface area (Å²) in [5, 5.41) is 4.67. The Morgan fingerprint density at radius 3 is 2.93 bits per heavy atom. The number of aryl methyl sites for hydroxylation is 1. The van der Waals surface area contributed by atoms with E-state index in [0.717, 1.165) is 16.9 Å². The van der Waals surface area contributed by atoms with Gasteiger partial charge in [-0.2, -0.15) is 5.10 Å². The lowest BCUT2D eigenvalue weighted by Crippen LogP contribution is -2.41. The highest BCUT2D eigenvalue weighted by molar-refractivity contribution is 5.93. The van der Waals surface area contributed by atoms with Crippen molar-refractivity contribution in [1.29, 1.82) is 0 Å². The molecule has 30 heavy (non-hydrogen) atoms. The number of pyridine rings is 1. The van der Waals surface area contributed by atoms with Gasteiger partial charge in [0.1, 0.15) is 6.04 Å². The van der Waals surface area contributed by atoms with Crippen LogP contribution in [0.2, 0.25) is 0 Å². The molecule has 0 spiro atoms. The van der Waals surface area contributed by atoms with Gasteiger partial charge in [-0.3, -0.25) is 4.79 Å². The summed E-state index contributed by atoms with van der Waals surface area (Å²) >= 11 is 0. The van der Waals surface area contributed by atoms with Gasteiger partial charge in [-0.1, -0.05) is 6.07 Å². The first-order chi connectivity index (χ1) is 14.3. The predicted octanol–water partition coefficient (Wildman–Crippen LogP) is 3.35. The van der Waals surface area contributed by atoms with E-state index in [0.29, 0.717) is 24.4 Å². The topological polar surface area (TPSA) is 92.3 Å². The third-order valence-electron chi connectivity index (χ3n) is 5.35. The SMILES string of the molecule is Cc1nc(C(C)(C)F)oc1C(=O)N1CCc2[nH]cnc2[C@@H]1c1cc2ccccn2n1. The van der Waals surface area contributed by atoms with Crippen LogP contribution in [-0.4, -0.2) is 41.9 Å². The fraction of sp³-hybridized carbons (Fsp3) is 0.333. The maximum atomic E-state index is 14.3. The van der Waals surface area contributed by atoms with Crippen LogP contribution in [0.25, 0.3) is 5.52 Å². The van der Waals surface area contributed by atoms with E-state index >= 15 is 0 Å². The fourth-order valence-electron chi connectivity index (χ4n) is 3.87. The van der Waals surface area contributed by atoms with Gasteiger partial charge in [-0.15, -0.1) is 0 Å². The van der Waals surface area contributed by atoms with Gasteiger partial charge < -0.3 is 14.3 Å². The van der Waals surface area contributed by atoms with Crippen molar-refractivity contribution < 1.29 is 13.6 Å².